The van der Waals surface area contributed by atoms with E-state index < -0.39 is 0 Å². The Labute approximate surface area is 202 Å². The number of aromatic nitrogens is 7. The molecule has 35 heavy (non-hydrogen) atoms. The molecule has 1 saturated heterocycles. The van der Waals surface area contributed by atoms with E-state index in [1.54, 1.807) is 11.0 Å². The number of fused-ring (bicyclic) bond motifs is 2. The SMILES string of the molecule is Cc1c(O)c(-c2cc(-c3nnc[nH]3)c3cc(N4CC(C)NC(C)C4)cnc3n2)cc2cn(C)nc12. The number of phenols is 1. The zero-order valence-corrected chi connectivity index (χ0v) is 20.1. The summed E-state index contributed by atoms with van der Waals surface area (Å²) in [7, 11) is 1.87. The molecule has 1 aliphatic heterocycles. The maximum Gasteiger partial charge on any atom is 0.161 e. The number of aryl methyl sites for hydroxylation is 2. The first-order valence-corrected chi connectivity index (χ1v) is 11.7. The molecule has 10 nitrogen and oxygen atoms in total. The molecule has 2 atom stereocenters. The largest absolute Gasteiger partial charge is 0.507 e. The summed E-state index contributed by atoms with van der Waals surface area (Å²) < 4.78 is 1.75. The lowest BCUT2D eigenvalue weighted by atomic mass is 10.0. The van der Waals surface area contributed by atoms with Crippen molar-refractivity contribution in [3.8, 4) is 28.4 Å². The van der Waals surface area contributed by atoms with Gasteiger partial charge in [0.05, 0.1) is 23.1 Å². The standard InChI is InChI=1S/C25H27N9O/c1-13-9-34(10-14(2)29-13)17-6-18-19(25-27-12-28-31-25)7-21(30-24(18)26-8-17)20-5-16-11-33(4)32-22(16)15(3)23(20)35/h5-8,11-14,29,35H,9-10H2,1-4H3,(H,27,28,31). The number of nitrogens with zero attached hydrogens (tertiary/aromatic N) is 7. The summed E-state index contributed by atoms with van der Waals surface area (Å²) in [6.45, 7) is 8.06. The van der Waals surface area contributed by atoms with Gasteiger partial charge < -0.3 is 20.3 Å². The van der Waals surface area contributed by atoms with E-state index in [-0.39, 0.29) is 5.75 Å². The second-order valence-corrected chi connectivity index (χ2v) is 9.47. The third-order valence-corrected chi connectivity index (χ3v) is 6.64. The van der Waals surface area contributed by atoms with E-state index in [1.165, 1.54) is 0 Å². The summed E-state index contributed by atoms with van der Waals surface area (Å²) in [5, 5.41) is 29.2. The first kappa shape index (κ1) is 21.5. The minimum atomic E-state index is 0.159. The van der Waals surface area contributed by atoms with Crippen molar-refractivity contribution in [2.75, 3.05) is 18.0 Å². The molecule has 0 saturated carbocycles. The predicted molar refractivity (Wildman–Crippen MR) is 135 cm³/mol. The third-order valence-electron chi connectivity index (χ3n) is 6.64. The number of aromatic amines is 1. The molecule has 5 heterocycles. The van der Waals surface area contributed by atoms with Crippen molar-refractivity contribution in [2.24, 2.45) is 7.05 Å². The van der Waals surface area contributed by atoms with Crippen molar-refractivity contribution in [1.29, 1.82) is 0 Å². The fourth-order valence-corrected chi connectivity index (χ4v) is 5.11. The number of H-pyrrole nitrogens is 1. The lowest BCUT2D eigenvalue weighted by Gasteiger charge is -2.37. The van der Waals surface area contributed by atoms with Crippen molar-refractivity contribution >= 4 is 27.6 Å². The number of hydrogen-bond acceptors (Lipinski definition) is 8. The highest BCUT2D eigenvalue weighted by Crippen LogP contribution is 2.39. The number of benzene rings is 1. The number of rotatable bonds is 3. The van der Waals surface area contributed by atoms with Gasteiger partial charge in [-0.25, -0.2) is 9.97 Å². The van der Waals surface area contributed by atoms with E-state index in [4.69, 9.17) is 9.97 Å². The van der Waals surface area contributed by atoms with Crippen LogP contribution in [0.25, 0.3) is 44.6 Å². The Kier molecular flexibility index (Phi) is 4.92. The highest BCUT2D eigenvalue weighted by Gasteiger charge is 2.23. The monoisotopic (exact) mass is 469 g/mol. The number of piperazine rings is 1. The van der Waals surface area contributed by atoms with Crippen LogP contribution in [-0.4, -0.2) is 65.2 Å². The van der Waals surface area contributed by atoms with E-state index in [1.807, 2.05) is 38.5 Å². The summed E-state index contributed by atoms with van der Waals surface area (Å²) in [5.41, 5.74) is 5.18. The summed E-state index contributed by atoms with van der Waals surface area (Å²) >= 11 is 0. The second-order valence-electron chi connectivity index (χ2n) is 9.47. The van der Waals surface area contributed by atoms with Gasteiger partial charge in [-0.15, -0.1) is 10.2 Å². The molecular weight excluding hydrogens is 442 g/mol. The van der Waals surface area contributed by atoms with E-state index >= 15 is 0 Å². The van der Waals surface area contributed by atoms with Crippen LogP contribution in [0.15, 0.2) is 36.9 Å². The molecule has 1 aromatic carbocycles. The first-order chi connectivity index (χ1) is 16.9. The average molecular weight is 470 g/mol. The van der Waals surface area contributed by atoms with E-state index in [2.05, 4.69) is 50.4 Å². The Balaban J connectivity index is 1.54. The zero-order chi connectivity index (χ0) is 24.3. The topological polar surface area (TPSA) is 121 Å². The second kappa shape index (κ2) is 8.02. The molecule has 1 aliphatic rings. The molecule has 0 radical (unpaired) electrons. The number of anilines is 1. The van der Waals surface area contributed by atoms with Crippen LogP contribution in [0.5, 0.6) is 5.75 Å². The molecule has 5 aromatic rings. The Hall–Kier alpha value is -4.05. The quantitative estimate of drug-likeness (QED) is 0.368. The molecule has 6 rings (SSSR count). The van der Waals surface area contributed by atoms with E-state index in [9.17, 15) is 5.11 Å². The van der Waals surface area contributed by atoms with Gasteiger partial charge in [0, 0.05) is 65.9 Å². The predicted octanol–water partition coefficient (Wildman–Crippen LogP) is 3.17. The van der Waals surface area contributed by atoms with Gasteiger partial charge in [0.15, 0.2) is 11.5 Å². The maximum atomic E-state index is 11.1. The van der Waals surface area contributed by atoms with Crippen LogP contribution in [0, 0.1) is 6.92 Å². The number of aromatic hydroxyl groups is 1. The number of pyridine rings is 2. The Morgan fingerprint density at radius 2 is 1.89 bits per heavy atom. The Morgan fingerprint density at radius 3 is 2.63 bits per heavy atom. The van der Waals surface area contributed by atoms with Crippen molar-refractivity contribution in [3.05, 3.63) is 42.5 Å². The van der Waals surface area contributed by atoms with Crippen LogP contribution < -0.4 is 10.2 Å². The van der Waals surface area contributed by atoms with Gasteiger partial charge in [0.1, 0.15) is 12.1 Å². The third kappa shape index (κ3) is 3.66. The van der Waals surface area contributed by atoms with Gasteiger partial charge in [-0.1, -0.05) is 0 Å². The van der Waals surface area contributed by atoms with Crippen LogP contribution in [-0.2, 0) is 7.05 Å². The van der Waals surface area contributed by atoms with Crippen molar-refractivity contribution < 1.29 is 5.11 Å². The molecular formula is C25H27N9O. The molecule has 10 heteroatoms. The Morgan fingerprint density at radius 1 is 1.09 bits per heavy atom. The van der Waals surface area contributed by atoms with Gasteiger partial charge in [-0.2, -0.15) is 5.10 Å². The molecule has 0 amide bonds. The molecule has 0 spiro atoms. The van der Waals surface area contributed by atoms with Crippen molar-refractivity contribution in [2.45, 2.75) is 32.9 Å². The molecule has 178 valence electrons. The highest BCUT2D eigenvalue weighted by molar-refractivity contribution is 5.97. The van der Waals surface area contributed by atoms with Gasteiger partial charge in [-0.3, -0.25) is 4.68 Å². The molecule has 1 fully saturated rings. The first-order valence-electron chi connectivity index (χ1n) is 11.7. The normalized spacial score (nSPS) is 18.6. The lowest BCUT2D eigenvalue weighted by molar-refractivity contribution is 0.407. The smallest absolute Gasteiger partial charge is 0.161 e. The number of hydrogen-bond donors (Lipinski definition) is 3. The highest BCUT2D eigenvalue weighted by atomic mass is 16.3. The summed E-state index contributed by atoms with van der Waals surface area (Å²) in [6.07, 6.45) is 5.37. The average Bonchev–Trinajstić information content (AvgIpc) is 3.49. The van der Waals surface area contributed by atoms with Gasteiger partial charge in [0.2, 0.25) is 0 Å². The fourth-order valence-electron chi connectivity index (χ4n) is 5.11. The molecule has 3 N–H and O–H groups in total. The summed E-state index contributed by atoms with van der Waals surface area (Å²) in [6, 6.07) is 6.75. The van der Waals surface area contributed by atoms with Crippen LogP contribution in [0.2, 0.25) is 0 Å². The molecule has 2 unspecified atom stereocenters. The van der Waals surface area contributed by atoms with Gasteiger partial charge in [0.25, 0.3) is 0 Å². The Bertz CT molecular complexity index is 1550. The minimum absolute atomic E-state index is 0.159. The maximum absolute atomic E-state index is 11.1. The van der Waals surface area contributed by atoms with E-state index in [0.29, 0.717) is 40.4 Å². The van der Waals surface area contributed by atoms with Gasteiger partial charge in [-0.05, 0) is 39.0 Å². The molecule has 0 aliphatic carbocycles. The van der Waals surface area contributed by atoms with Crippen LogP contribution >= 0.6 is 0 Å². The fraction of sp³-hybridized carbons (Fsp3) is 0.320. The van der Waals surface area contributed by atoms with Crippen LogP contribution in [0.4, 0.5) is 5.69 Å². The van der Waals surface area contributed by atoms with Crippen molar-refractivity contribution in [1.82, 2.24) is 40.2 Å². The minimum Gasteiger partial charge on any atom is -0.507 e. The molecule has 4 aromatic heterocycles. The van der Waals surface area contributed by atoms with E-state index in [0.717, 1.165) is 40.6 Å². The lowest BCUT2D eigenvalue weighted by Crippen LogP contribution is -2.54. The summed E-state index contributed by atoms with van der Waals surface area (Å²) in [4.78, 5) is 15.1. The summed E-state index contributed by atoms with van der Waals surface area (Å²) in [5.74, 6) is 0.783. The molecule has 0 bridgehead atoms. The van der Waals surface area contributed by atoms with Crippen molar-refractivity contribution in [3.63, 3.8) is 0 Å². The number of nitrogens with one attached hydrogen (secondary N) is 2. The number of phenolic OH excluding ortho intramolecular Hbond substituents is 1. The van der Waals surface area contributed by atoms with Gasteiger partial charge >= 0.3 is 0 Å². The van der Waals surface area contributed by atoms with Crippen LogP contribution in [0.1, 0.15) is 19.4 Å². The zero-order valence-electron chi connectivity index (χ0n) is 20.1. The van der Waals surface area contributed by atoms with Crippen LogP contribution in [0.3, 0.4) is 0 Å².